The predicted molar refractivity (Wildman–Crippen MR) is 126 cm³/mol. The number of anilines is 1. The molecule has 2 N–H and O–H groups in total. The van der Waals surface area contributed by atoms with Gasteiger partial charge in [0.1, 0.15) is 40.4 Å². The summed E-state index contributed by atoms with van der Waals surface area (Å²) in [5, 5.41) is 12.7. The Morgan fingerprint density at radius 1 is 1.16 bits per heavy atom. The van der Waals surface area contributed by atoms with Crippen LogP contribution in [0.1, 0.15) is 39.3 Å². The van der Waals surface area contributed by atoms with Gasteiger partial charge in [0.15, 0.2) is 5.82 Å². The van der Waals surface area contributed by atoms with Crippen LogP contribution in [0, 0.1) is 5.82 Å². The summed E-state index contributed by atoms with van der Waals surface area (Å²) < 4.78 is 62.1. The number of amides is 1. The third kappa shape index (κ3) is 5.44. The minimum absolute atomic E-state index is 0.0841. The topological polar surface area (TPSA) is 110 Å². The van der Waals surface area contributed by atoms with Crippen LogP contribution in [0.5, 0.6) is 5.75 Å². The number of aromatic hydroxyl groups is 1. The van der Waals surface area contributed by atoms with E-state index in [2.05, 4.69) is 15.3 Å². The minimum atomic E-state index is -5.07. The van der Waals surface area contributed by atoms with Crippen molar-refractivity contribution in [2.45, 2.75) is 51.4 Å². The number of fused-ring (bicyclic) bond motifs is 1. The summed E-state index contributed by atoms with van der Waals surface area (Å²) >= 11 is 0. The molecule has 37 heavy (non-hydrogen) atoms. The molecule has 0 bridgehead atoms. The number of phenolic OH excluding ortho intramolecular Hbond substituents is 1. The lowest BCUT2D eigenvalue weighted by atomic mass is 10.0. The van der Waals surface area contributed by atoms with Crippen LogP contribution in [0.3, 0.4) is 0 Å². The molecular weight excluding hydrogens is 498 g/mol. The summed E-state index contributed by atoms with van der Waals surface area (Å²) in [4.78, 5) is 35.0. The van der Waals surface area contributed by atoms with Crippen LogP contribution >= 0.6 is 0 Å². The lowest BCUT2D eigenvalue weighted by Crippen LogP contribution is -2.46. The number of ether oxygens (including phenoxy) is 1. The van der Waals surface area contributed by atoms with Gasteiger partial charge in [-0.15, -0.1) is 0 Å². The SMILES string of the molecule is CC(C)(C)OC(=O)NC1CCN(c2ncnc3c(=O)n(-c4c(O)cccc4F)c(C(F)(F)F)cc23)CC1. The molecule has 1 aromatic carbocycles. The molecule has 3 aromatic rings. The summed E-state index contributed by atoms with van der Waals surface area (Å²) in [5.74, 6) is -1.94. The Hall–Kier alpha value is -3.90. The predicted octanol–water partition coefficient (Wildman–Crippen LogP) is 4.14. The highest BCUT2D eigenvalue weighted by atomic mass is 19.4. The lowest BCUT2D eigenvalue weighted by molar-refractivity contribution is -0.142. The Kier molecular flexibility index (Phi) is 6.74. The van der Waals surface area contributed by atoms with E-state index < -0.39 is 46.4 Å². The van der Waals surface area contributed by atoms with Crippen molar-refractivity contribution in [3.8, 4) is 11.4 Å². The van der Waals surface area contributed by atoms with E-state index in [9.17, 15) is 32.3 Å². The fraction of sp³-hybridized carbons (Fsp3) is 0.417. The molecule has 1 fully saturated rings. The molecule has 0 atom stereocenters. The van der Waals surface area contributed by atoms with Crippen molar-refractivity contribution < 1.29 is 32.2 Å². The second-order valence-corrected chi connectivity index (χ2v) is 9.64. The zero-order valence-corrected chi connectivity index (χ0v) is 20.3. The number of alkyl halides is 3. The van der Waals surface area contributed by atoms with Gasteiger partial charge in [-0.05, 0) is 51.8 Å². The number of halogens is 4. The molecular formula is C24H25F4N5O4. The molecule has 0 saturated carbocycles. The van der Waals surface area contributed by atoms with Crippen LogP contribution in [0.15, 0.2) is 35.4 Å². The third-order valence-corrected chi connectivity index (χ3v) is 5.79. The molecule has 198 valence electrons. The van der Waals surface area contributed by atoms with Crippen LogP contribution < -0.4 is 15.8 Å². The number of nitrogens with zero attached hydrogens (tertiary/aromatic N) is 4. The van der Waals surface area contributed by atoms with E-state index in [1.807, 2.05) is 0 Å². The first-order valence-corrected chi connectivity index (χ1v) is 11.5. The number of hydrogen-bond acceptors (Lipinski definition) is 7. The number of piperidine rings is 1. The standard InChI is InChI=1S/C24H25F4N5O4/c1-23(2,3)37-22(36)31-13-7-9-32(10-8-13)20-14-11-17(24(26,27)28)33(21(35)18(14)29-12-30-20)19-15(25)5-4-6-16(19)34/h4-6,11-13,34H,7-10H2,1-3H3,(H,31,36). The normalized spacial score (nSPS) is 15.2. The average molecular weight is 523 g/mol. The molecule has 1 saturated heterocycles. The highest BCUT2D eigenvalue weighted by molar-refractivity contribution is 5.89. The number of alkyl carbamates (subject to hydrolysis) is 1. The van der Waals surface area contributed by atoms with Gasteiger partial charge in [0.25, 0.3) is 5.56 Å². The molecule has 2 aromatic heterocycles. The van der Waals surface area contributed by atoms with Gasteiger partial charge < -0.3 is 20.1 Å². The minimum Gasteiger partial charge on any atom is -0.506 e. The molecule has 9 nitrogen and oxygen atoms in total. The Labute approximate surface area is 208 Å². The number of carbonyl (C=O) groups excluding carboxylic acids is 1. The van der Waals surface area contributed by atoms with E-state index in [0.29, 0.717) is 32.0 Å². The zero-order valence-electron chi connectivity index (χ0n) is 20.3. The van der Waals surface area contributed by atoms with Crippen LogP contribution in [0.25, 0.3) is 16.6 Å². The Bertz CT molecular complexity index is 1370. The van der Waals surface area contributed by atoms with Gasteiger partial charge in [0.2, 0.25) is 0 Å². The maximum absolute atomic E-state index is 14.5. The van der Waals surface area contributed by atoms with Gasteiger partial charge in [0.05, 0.1) is 5.39 Å². The first-order chi connectivity index (χ1) is 17.3. The summed E-state index contributed by atoms with van der Waals surface area (Å²) in [5.41, 5.74) is -4.68. The second kappa shape index (κ2) is 9.52. The lowest BCUT2D eigenvalue weighted by Gasteiger charge is -2.34. The number of para-hydroxylation sites is 1. The average Bonchev–Trinajstić information content (AvgIpc) is 2.78. The quantitative estimate of drug-likeness (QED) is 0.497. The van der Waals surface area contributed by atoms with Crippen LogP contribution in [0.2, 0.25) is 0 Å². The molecule has 4 rings (SSSR count). The van der Waals surface area contributed by atoms with Crippen LogP contribution in [-0.2, 0) is 10.9 Å². The van der Waals surface area contributed by atoms with Crippen LogP contribution in [-0.4, -0.2) is 50.5 Å². The molecule has 0 aliphatic carbocycles. The molecule has 3 heterocycles. The molecule has 1 aliphatic rings. The van der Waals surface area contributed by atoms with Crippen molar-refractivity contribution >= 4 is 22.8 Å². The first kappa shape index (κ1) is 26.2. The number of rotatable bonds is 3. The van der Waals surface area contributed by atoms with Gasteiger partial charge >= 0.3 is 12.3 Å². The van der Waals surface area contributed by atoms with Crippen molar-refractivity contribution in [3.05, 3.63) is 52.5 Å². The number of aromatic nitrogens is 3. The molecule has 0 radical (unpaired) electrons. The van der Waals surface area contributed by atoms with Gasteiger partial charge in [-0.25, -0.2) is 19.2 Å². The van der Waals surface area contributed by atoms with Crippen molar-refractivity contribution in [3.63, 3.8) is 0 Å². The maximum Gasteiger partial charge on any atom is 0.431 e. The van der Waals surface area contributed by atoms with Crippen molar-refractivity contribution in [1.82, 2.24) is 19.9 Å². The number of pyridine rings is 1. The summed E-state index contributed by atoms with van der Waals surface area (Å²) in [7, 11) is 0. The van der Waals surface area contributed by atoms with E-state index in [-0.39, 0.29) is 27.3 Å². The second-order valence-electron chi connectivity index (χ2n) is 9.64. The fourth-order valence-corrected chi connectivity index (χ4v) is 4.22. The zero-order chi connectivity index (χ0) is 27.1. The van der Waals surface area contributed by atoms with Gasteiger partial charge in [-0.2, -0.15) is 13.2 Å². The van der Waals surface area contributed by atoms with E-state index in [1.165, 1.54) is 0 Å². The molecule has 0 unspecified atom stereocenters. The first-order valence-electron chi connectivity index (χ1n) is 11.5. The van der Waals surface area contributed by atoms with E-state index >= 15 is 0 Å². The fourth-order valence-electron chi connectivity index (χ4n) is 4.22. The number of nitrogens with one attached hydrogen (secondary N) is 1. The molecule has 1 amide bonds. The van der Waals surface area contributed by atoms with Crippen molar-refractivity contribution in [2.24, 2.45) is 0 Å². The summed E-state index contributed by atoms with van der Waals surface area (Å²) in [6, 6.07) is 3.40. The highest BCUT2D eigenvalue weighted by Gasteiger charge is 2.38. The monoisotopic (exact) mass is 523 g/mol. The smallest absolute Gasteiger partial charge is 0.431 e. The number of carbonyl (C=O) groups is 1. The van der Waals surface area contributed by atoms with Crippen molar-refractivity contribution in [2.75, 3.05) is 18.0 Å². The van der Waals surface area contributed by atoms with Crippen LogP contribution in [0.4, 0.5) is 28.2 Å². The third-order valence-electron chi connectivity index (χ3n) is 5.79. The number of phenols is 1. The van der Waals surface area contributed by atoms with Gasteiger partial charge in [-0.1, -0.05) is 6.07 Å². The van der Waals surface area contributed by atoms with Gasteiger partial charge in [0, 0.05) is 19.1 Å². The number of benzene rings is 1. The highest BCUT2D eigenvalue weighted by Crippen LogP contribution is 2.36. The number of hydrogen-bond donors (Lipinski definition) is 2. The Morgan fingerprint density at radius 3 is 2.43 bits per heavy atom. The maximum atomic E-state index is 14.5. The largest absolute Gasteiger partial charge is 0.506 e. The summed E-state index contributed by atoms with van der Waals surface area (Å²) in [6.07, 6.45) is -3.68. The van der Waals surface area contributed by atoms with Gasteiger partial charge in [-0.3, -0.25) is 9.36 Å². The van der Waals surface area contributed by atoms with E-state index in [1.54, 1.807) is 25.7 Å². The van der Waals surface area contributed by atoms with E-state index in [0.717, 1.165) is 24.5 Å². The molecule has 0 spiro atoms. The van der Waals surface area contributed by atoms with E-state index in [4.69, 9.17) is 4.74 Å². The molecule has 1 aliphatic heterocycles. The van der Waals surface area contributed by atoms with Crippen molar-refractivity contribution in [1.29, 1.82) is 0 Å². The summed E-state index contributed by atoms with van der Waals surface area (Å²) in [6.45, 7) is 5.88. The Balaban J connectivity index is 1.72. The molecule has 13 heteroatoms. The Morgan fingerprint density at radius 2 is 1.84 bits per heavy atom.